The predicted molar refractivity (Wildman–Crippen MR) is 85.1 cm³/mol. The van der Waals surface area contributed by atoms with Crippen molar-refractivity contribution in [1.82, 2.24) is 4.98 Å². The zero-order chi connectivity index (χ0) is 13.3. The highest BCUT2D eigenvalue weighted by Crippen LogP contribution is 2.23. The number of hydrogen-bond donors (Lipinski definition) is 0. The highest BCUT2D eigenvalue weighted by molar-refractivity contribution is 9.10. The van der Waals surface area contributed by atoms with Gasteiger partial charge in [-0.25, -0.2) is 0 Å². The van der Waals surface area contributed by atoms with E-state index in [-0.39, 0.29) is 0 Å². The van der Waals surface area contributed by atoms with E-state index in [0.29, 0.717) is 0 Å². The van der Waals surface area contributed by atoms with E-state index >= 15 is 0 Å². The molecule has 0 unspecified atom stereocenters. The highest BCUT2D eigenvalue weighted by atomic mass is 79.9. The SMILES string of the molecule is Cc1cc(Br)cc(-c2ccc([Si](C)(C)C)cn2)c1. The molecule has 1 aromatic heterocycles. The lowest BCUT2D eigenvalue weighted by Gasteiger charge is -2.16. The predicted octanol–water partition coefficient (Wildman–Crippen LogP) is 4.36. The number of halogens is 1. The molecule has 0 aliphatic rings. The average Bonchev–Trinajstić information content (AvgIpc) is 2.27. The molecular weight excluding hydrogens is 302 g/mol. The largest absolute Gasteiger partial charge is 0.256 e. The Morgan fingerprint density at radius 3 is 2.28 bits per heavy atom. The molecule has 1 heterocycles. The van der Waals surface area contributed by atoms with Crippen LogP contribution in [0.4, 0.5) is 0 Å². The minimum Gasteiger partial charge on any atom is -0.256 e. The van der Waals surface area contributed by atoms with E-state index in [2.05, 4.69) is 77.8 Å². The molecule has 0 saturated heterocycles. The van der Waals surface area contributed by atoms with E-state index in [9.17, 15) is 0 Å². The molecule has 0 radical (unpaired) electrons. The number of aromatic nitrogens is 1. The summed E-state index contributed by atoms with van der Waals surface area (Å²) in [5, 5.41) is 1.40. The van der Waals surface area contributed by atoms with Crippen LogP contribution < -0.4 is 5.19 Å². The van der Waals surface area contributed by atoms with E-state index < -0.39 is 8.07 Å². The van der Waals surface area contributed by atoms with Gasteiger partial charge in [-0.05, 0) is 41.9 Å². The fourth-order valence-corrected chi connectivity index (χ4v) is 3.54. The molecule has 18 heavy (non-hydrogen) atoms. The third kappa shape index (κ3) is 3.09. The topological polar surface area (TPSA) is 12.9 Å². The van der Waals surface area contributed by atoms with Crippen molar-refractivity contribution in [2.45, 2.75) is 26.6 Å². The van der Waals surface area contributed by atoms with Crippen molar-refractivity contribution < 1.29 is 0 Å². The van der Waals surface area contributed by atoms with Crippen LogP contribution >= 0.6 is 15.9 Å². The van der Waals surface area contributed by atoms with Crippen LogP contribution in [0.15, 0.2) is 41.0 Å². The lowest BCUT2D eigenvalue weighted by molar-refractivity contribution is 1.32. The van der Waals surface area contributed by atoms with E-state index in [4.69, 9.17) is 0 Å². The van der Waals surface area contributed by atoms with E-state index in [1.807, 2.05) is 6.20 Å². The van der Waals surface area contributed by atoms with Crippen molar-refractivity contribution in [3.63, 3.8) is 0 Å². The van der Waals surface area contributed by atoms with Gasteiger partial charge in [0.05, 0.1) is 13.8 Å². The average molecular weight is 320 g/mol. The third-order valence-electron chi connectivity index (χ3n) is 2.97. The summed E-state index contributed by atoms with van der Waals surface area (Å²) in [4.78, 5) is 4.61. The van der Waals surface area contributed by atoms with Crippen LogP contribution in [-0.2, 0) is 0 Å². The van der Waals surface area contributed by atoms with Gasteiger partial charge in [0.1, 0.15) is 0 Å². The minimum atomic E-state index is -1.25. The van der Waals surface area contributed by atoms with Gasteiger partial charge in [-0.1, -0.05) is 41.6 Å². The zero-order valence-corrected chi connectivity index (χ0v) is 13.9. The fourth-order valence-electron chi connectivity index (χ4n) is 1.89. The second-order valence-electron chi connectivity index (χ2n) is 5.70. The summed E-state index contributed by atoms with van der Waals surface area (Å²) < 4.78 is 1.11. The summed E-state index contributed by atoms with van der Waals surface area (Å²) in [5.41, 5.74) is 3.46. The molecule has 0 amide bonds. The Kier molecular flexibility index (Phi) is 3.73. The molecule has 0 spiro atoms. The van der Waals surface area contributed by atoms with E-state index in [1.165, 1.54) is 16.3 Å². The summed E-state index contributed by atoms with van der Waals surface area (Å²) in [5.74, 6) is 0. The van der Waals surface area contributed by atoms with Gasteiger partial charge in [-0.15, -0.1) is 0 Å². The Balaban J connectivity index is 2.40. The maximum atomic E-state index is 4.61. The quantitative estimate of drug-likeness (QED) is 0.749. The van der Waals surface area contributed by atoms with Crippen LogP contribution in [0.3, 0.4) is 0 Å². The molecule has 0 fully saturated rings. The summed E-state index contributed by atoms with van der Waals surface area (Å²) in [6.45, 7) is 9.12. The molecule has 0 N–H and O–H groups in total. The summed E-state index contributed by atoms with van der Waals surface area (Å²) in [6.07, 6.45) is 2.04. The van der Waals surface area contributed by atoms with Crippen LogP contribution in [0.1, 0.15) is 5.56 Å². The Bertz CT molecular complexity index is 535. The monoisotopic (exact) mass is 319 g/mol. The number of benzene rings is 1. The van der Waals surface area contributed by atoms with Gasteiger partial charge < -0.3 is 0 Å². The van der Waals surface area contributed by atoms with Gasteiger partial charge in [0.25, 0.3) is 0 Å². The van der Waals surface area contributed by atoms with Crippen LogP contribution in [-0.4, -0.2) is 13.1 Å². The normalized spacial score (nSPS) is 11.6. The smallest absolute Gasteiger partial charge is 0.0796 e. The molecule has 2 aromatic rings. The molecule has 0 bridgehead atoms. The molecule has 0 aliphatic carbocycles. The van der Waals surface area contributed by atoms with Gasteiger partial charge in [0, 0.05) is 16.2 Å². The van der Waals surface area contributed by atoms with Crippen molar-refractivity contribution in [2.75, 3.05) is 0 Å². The Morgan fingerprint density at radius 1 is 1.06 bits per heavy atom. The first-order chi connectivity index (χ1) is 8.36. The van der Waals surface area contributed by atoms with Crippen molar-refractivity contribution >= 4 is 29.2 Å². The highest BCUT2D eigenvalue weighted by Gasteiger charge is 2.16. The maximum Gasteiger partial charge on any atom is 0.0796 e. The van der Waals surface area contributed by atoms with Crippen LogP contribution in [0.2, 0.25) is 19.6 Å². The molecule has 1 nitrogen and oxygen atoms in total. The standard InChI is InChI=1S/C15H18BrNSi/c1-11-7-12(9-13(16)8-11)15-6-5-14(10-17-15)18(2,3)4/h5-10H,1-4H3. The first-order valence-corrected chi connectivity index (χ1v) is 10.4. The van der Waals surface area contributed by atoms with E-state index in [1.54, 1.807) is 0 Å². The van der Waals surface area contributed by atoms with Gasteiger partial charge in [0.15, 0.2) is 0 Å². The first kappa shape index (κ1) is 13.5. The fraction of sp³-hybridized carbons (Fsp3) is 0.267. The van der Waals surface area contributed by atoms with Gasteiger partial charge >= 0.3 is 0 Å². The van der Waals surface area contributed by atoms with Gasteiger partial charge in [0.2, 0.25) is 0 Å². The van der Waals surface area contributed by atoms with Crippen molar-refractivity contribution in [2.24, 2.45) is 0 Å². The number of rotatable bonds is 2. The van der Waals surface area contributed by atoms with Crippen molar-refractivity contribution in [3.8, 4) is 11.3 Å². The van der Waals surface area contributed by atoms with Crippen LogP contribution in [0.5, 0.6) is 0 Å². The van der Waals surface area contributed by atoms with Crippen LogP contribution in [0, 0.1) is 6.92 Å². The third-order valence-corrected chi connectivity index (χ3v) is 5.45. The minimum absolute atomic E-state index is 1.04. The molecule has 94 valence electrons. The molecule has 0 atom stereocenters. The molecular formula is C15H18BrNSi. The zero-order valence-electron chi connectivity index (χ0n) is 11.3. The number of nitrogens with zero attached hydrogens (tertiary/aromatic N) is 1. The second kappa shape index (κ2) is 4.98. The van der Waals surface area contributed by atoms with Gasteiger partial charge in [-0.3, -0.25) is 4.98 Å². The number of hydrogen-bond acceptors (Lipinski definition) is 1. The maximum absolute atomic E-state index is 4.61. The molecule has 0 saturated carbocycles. The summed E-state index contributed by atoms with van der Waals surface area (Å²) in [6, 6.07) is 10.8. The Morgan fingerprint density at radius 2 is 1.78 bits per heavy atom. The van der Waals surface area contributed by atoms with Crippen molar-refractivity contribution in [3.05, 3.63) is 46.6 Å². The second-order valence-corrected chi connectivity index (χ2v) is 11.7. The summed E-state index contributed by atoms with van der Waals surface area (Å²) >= 11 is 3.54. The van der Waals surface area contributed by atoms with Gasteiger partial charge in [-0.2, -0.15) is 0 Å². The number of aryl methyl sites for hydroxylation is 1. The molecule has 2 rings (SSSR count). The van der Waals surface area contributed by atoms with Crippen molar-refractivity contribution in [1.29, 1.82) is 0 Å². The molecule has 0 aliphatic heterocycles. The Labute approximate surface area is 118 Å². The Hall–Kier alpha value is -0.933. The lowest BCUT2D eigenvalue weighted by Crippen LogP contribution is -2.37. The lowest BCUT2D eigenvalue weighted by atomic mass is 10.1. The first-order valence-electron chi connectivity index (χ1n) is 6.10. The molecule has 3 heteroatoms. The van der Waals surface area contributed by atoms with Crippen LogP contribution in [0.25, 0.3) is 11.3 Å². The van der Waals surface area contributed by atoms with E-state index in [0.717, 1.165) is 10.2 Å². The number of pyridine rings is 1. The molecule has 1 aromatic carbocycles. The summed E-state index contributed by atoms with van der Waals surface area (Å²) in [7, 11) is -1.25.